The highest BCUT2D eigenvalue weighted by Crippen LogP contribution is 2.15. The zero-order chi connectivity index (χ0) is 19.3. The van der Waals surface area contributed by atoms with E-state index in [4.69, 9.17) is 19.2 Å². The number of aliphatic imine (C=N–C) groups is 1. The molecule has 1 aromatic carbocycles. The average Bonchev–Trinajstić information content (AvgIpc) is 2.70. The van der Waals surface area contributed by atoms with E-state index < -0.39 is 0 Å². The Hall–Kier alpha value is -1.63. The topological polar surface area (TPSA) is 55.3 Å². The van der Waals surface area contributed by atoms with Crippen molar-refractivity contribution in [3.63, 3.8) is 0 Å². The van der Waals surface area contributed by atoms with Gasteiger partial charge in [-0.05, 0) is 37.3 Å². The van der Waals surface area contributed by atoms with Gasteiger partial charge in [0.15, 0.2) is 5.96 Å². The fourth-order valence-corrected chi connectivity index (χ4v) is 3.26. The lowest BCUT2D eigenvalue weighted by atomic mass is 10.1. The maximum Gasteiger partial charge on any atom is 0.194 e. The molecule has 0 bridgehead atoms. The Kier molecular flexibility index (Phi) is 10.2. The second-order valence-electron chi connectivity index (χ2n) is 6.83. The Bertz CT molecular complexity index is 557. The van der Waals surface area contributed by atoms with Crippen molar-refractivity contribution in [2.45, 2.75) is 45.4 Å². The van der Waals surface area contributed by atoms with Gasteiger partial charge in [-0.15, -0.1) is 0 Å². The smallest absolute Gasteiger partial charge is 0.194 e. The van der Waals surface area contributed by atoms with Gasteiger partial charge in [0, 0.05) is 47.1 Å². The standard InChI is InChI=1S/C21H35N3O3/c1-4-22-21(23-16-18-7-5-8-19(15-18)17-26-3)24-11-9-20(10-12-24)27-14-6-13-25-2/h5,7-8,15,20H,4,6,9-14,16-17H2,1-3H3,(H,22,23). The number of nitrogens with zero attached hydrogens (tertiary/aromatic N) is 2. The summed E-state index contributed by atoms with van der Waals surface area (Å²) >= 11 is 0. The van der Waals surface area contributed by atoms with E-state index >= 15 is 0 Å². The molecule has 0 radical (unpaired) electrons. The summed E-state index contributed by atoms with van der Waals surface area (Å²) in [4.78, 5) is 7.20. The molecule has 1 aliphatic heterocycles. The first kappa shape index (κ1) is 21.7. The van der Waals surface area contributed by atoms with Crippen LogP contribution in [0, 0.1) is 0 Å². The van der Waals surface area contributed by atoms with Gasteiger partial charge in [-0.25, -0.2) is 4.99 Å². The second-order valence-corrected chi connectivity index (χ2v) is 6.83. The van der Waals surface area contributed by atoms with Crippen LogP contribution < -0.4 is 5.32 Å². The lowest BCUT2D eigenvalue weighted by Crippen LogP contribution is -2.47. The van der Waals surface area contributed by atoms with Crippen LogP contribution in [-0.2, 0) is 27.4 Å². The maximum atomic E-state index is 5.96. The number of guanidine groups is 1. The molecule has 1 N–H and O–H groups in total. The Morgan fingerprint density at radius 3 is 2.63 bits per heavy atom. The first-order valence-electron chi connectivity index (χ1n) is 9.97. The predicted octanol–water partition coefficient (Wildman–Crippen LogP) is 2.82. The molecule has 6 nitrogen and oxygen atoms in total. The van der Waals surface area contributed by atoms with Crippen LogP contribution in [0.5, 0.6) is 0 Å². The van der Waals surface area contributed by atoms with Crippen molar-refractivity contribution >= 4 is 5.96 Å². The SMILES string of the molecule is CCNC(=NCc1cccc(COC)c1)N1CCC(OCCCOC)CC1. The molecule has 27 heavy (non-hydrogen) atoms. The van der Waals surface area contributed by atoms with Gasteiger partial charge in [-0.1, -0.05) is 24.3 Å². The molecule has 1 aromatic rings. The number of piperidine rings is 1. The molecule has 1 heterocycles. The highest BCUT2D eigenvalue weighted by atomic mass is 16.5. The summed E-state index contributed by atoms with van der Waals surface area (Å²) in [6, 6.07) is 8.43. The van der Waals surface area contributed by atoms with Crippen LogP contribution in [0.3, 0.4) is 0 Å². The number of likely N-dealkylation sites (tertiary alicyclic amines) is 1. The molecule has 0 spiro atoms. The van der Waals surface area contributed by atoms with E-state index in [0.29, 0.717) is 19.3 Å². The Morgan fingerprint density at radius 1 is 1.15 bits per heavy atom. The number of hydrogen-bond donors (Lipinski definition) is 1. The zero-order valence-corrected chi connectivity index (χ0v) is 17.1. The number of methoxy groups -OCH3 is 2. The van der Waals surface area contributed by atoms with Gasteiger partial charge < -0.3 is 24.4 Å². The second kappa shape index (κ2) is 12.7. The van der Waals surface area contributed by atoms with Crippen molar-refractivity contribution in [3.8, 4) is 0 Å². The molecule has 0 amide bonds. The molecule has 0 saturated carbocycles. The third-order valence-corrected chi connectivity index (χ3v) is 4.64. The van der Waals surface area contributed by atoms with Crippen molar-refractivity contribution in [2.75, 3.05) is 47.1 Å². The highest BCUT2D eigenvalue weighted by molar-refractivity contribution is 5.80. The van der Waals surface area contributed by atoms with Crippen molar-refractivity contribution in [3.05, 3.63) is 35.4 Å². The summed E-state index contributed by atoms with van der Waals surface area (Å²) in [5.74, 6) is 0.993. The van der Waals surface area contributed by atoms with E-state index in [1.54, 1.807) is 14.2 Å². The van der Waals surface area contributed by atoms with Crippen LogP contribution in [0.2, 0.25) is 0 Å². The minimum absolute atomic E-state index is 0.353. The van der Waals surface area contributed by atoms with Crippen LogP contribution in [-0.4, -0.2) is 64.0 Å². The van der Waals surface area contributed by atoms with Crippen LogP contribution in [0.4, 0.5) is 0 Å². The molecule has 1 fully saturated rings. The first-order valence-corrected chi connectivity index (χ1v) is 9.97. The maximum absolute atomic E-state index is 5.96. The minimum Gasteiger partial charge on any atom is -0.385 e. The normalized spacial score (nSPS) is 16.0. The highest BCUT2D eigenvalue weighted by Gasteiger charge is 2.21. The summed E-state index contributed by atoms with van der Waals surface area (Å²) < 4.78 is 16.2. The van der Waals surface area contributed by atoms with Gasteiger partial charge in [0.25, 0.3) is 0 Å². The van der Waals surface area contributed by atoms with Crippen LogP contribution >= 0.6 is 0 Å². The molecule has 6 heteroatoms. The van der Waals surface area contributed by atoms with Crippen LogP contribution in [0.25, 0.3) is 0 Å². The lowest BCUT2D eigenvalue weighted by Gasteiger charge is -2.34. The van der Waals surface area contributed by atoms with Crippen molar-refractivity contribution in [1.29, 1.82) is 0 Å². The molecule has 0 atom stereocenters. The predicted molar refractivity (Wildman–Crippen MR) is 109 cm³/mol. The van der Waals surface area contributed by atoms with E-state index in [9.17, 15) is 0 Å². The number of ether oxygens (including phenoxy) is 3. The summed E-state index contributed by atoms with van der Waals surface area (Å²) in [6.45, 7) is 7.79. The third-order valence-electron chi connectivity index (χ3n) is 4.64. The third kappa shape index (κ3) is 7.87. The molecule has 0 unspecified atom stereocenters. The monoisotopic (exact) mass is 377 g/mol. The van der Waals surface area contributed by atoms with Gasteiger partial charge in [0.1, 0.15) is 0 Å². The molecular formula is C21H35N3O3. The Morgan fingerprint density at radius 2 is 1.93 bits per heavy atom. The van der Waals surface area contributed by atoms with E-state index in [-0.39, 0.29) is 0 Å². The van der Waals surface area contributed by atoms with Crippen LogP contribution in [0.1, 0.15) is 37.3 Å². The molecule has 152 valence electrons. The largest absolute Gasteiger partial charge is 0.385 e. The van der Waals surface area contributed by atoms with Gasteiger partial charge >= 0.3 is 0 Å². The number of nitrogens with one attached hydrogen (secondary N) is 1. The molecule has 0 aromatic heterocycles. The average molecular weight is 378 g/mol. The summed E-state index contributed by atoms with van der Waals surface area (Å²) in [5, 5.41) is 3.43. The minimum atomic E-state index is 0.353. The number of rotatable bonds is 10. The Balaban J connectivity index is 1.86. The van der Waals surface area contributed by atoms with E-state index in [0.717, 1.165) is 58.1 Å². The summed E-state index contributed by atoms with van der Waals surface area (Å²) in [6.07, 6.45) is 3.40. The van der Waals surface area contributed by atoms with Gasteiger partial charge in [0.05, 0.1) is 19.3 Å². The summed E-state index contributed by atoms with van der Waals surface area (Å²) in [7, 11) is 3.45. The zero-order valence-electron chi connectivity index (χ0n) is 17.1. The van der Waals surface area contributed by atoms with Crippen molar-refractivity contribution in [2.24, 2.45) is 4.99 Å². The fraction of sp³-hybridized carbons (Fsp3) is 0.667. The lowest BCUT2D eigenvalue weighted by molar-refractivity contribution is 0.00990. The first-order chi connectivity index (χ1) is 13.3. The van der Waals surface area contributed by atoms with Crippen molar-refractivity contribution < 1.29 is 14.2 Å². The van der Waals surface area contributed by atoms with Gasteiger partial charge in [0.2, 0.25) is 0 Å². The number of benzene rings is 1. The van der Waals surface area contributed by atoms with Gasteiger partial charge in [-0.3, -0.25) is 0 Å². The van der Waals surface area contributed by atoms with E-state index in [1.807, 2.05) is 0 Å². The van der Waals surface area contributed by atoms with Crippen LogP contribution in [0.15, 0.2) is 29.3 Å². The summed E-state index contributed by atoms with van der Waals surface area (Å²) in [5.41, 5.74) is 2.39. The molecule has 1 aliphatic rings. The van der Waals surface area contributed by atoms with Gasteiger partial charge in [-0.2, -0.15) is 0 Å². The van der Waals surface area contributed by atoms with Crippen molar-refractivity contribution in [1.82, 2.24) is 10.2 Å². The molecule has 0 aliphatic carbocycles. The quantitative estimate of drug-likeness (QED) is 0.386. The molecule has 1 saturated heterocycles. The number of hydrogen-bond acceptors (Lipinski definition) is 4. The molecule has 2 rings (SSSR count). The Labute approximate surface area is 163 Å². The fourth-order valence-electron chi connectivity index (χ4n) is 3.26. The van der Waals surface area contributed by atoms with E-state index in [1.165, 1.54) is 11.1 Å². The molecular weight excluding hydrogens is 342 g/mol. The van der Waals surface area contributed by atoms with E-state index in [2.05, 4.69) is 41.4 Å².